The van der Waals surface area contributed by atoms with Gasteiger partial charge in [0, 0.05) is 19.8 Å². The van der Waals surface area contributed by atoms with Gasteiger partial charge in [-0.3, -0.25) is 9.59 Å². The second kappa shape index (κ2) is 12.1. The average molecular weight is 494 g/mol. The third-order valence-corrected chi connectivity index (χ3v) is 6.52. The van der Waals surface area contributed by atoms with E-state index in [1.54, 1.807) is 36.3 Å². The summed E-state index contributed by atoms with van der Waals surface area (Å²) in [5.74, 6) is 1.04. The van der Waals surface area contributed by atoms with Gasteiger partial charge >= 0.3 is 0 Å². The second-order valence-electron chi connectivity index (χ2n) is 8.94. The SMILES string of the molecule is CCCCCCOc1ccc(C2c3c(oc4ccccc4c3=O)C(=O)N2CCCOCC)cc1OC. The summed E-state index contributed by atoms with van der Waals surface area (Å²) in [7, 11) is 1.60. The van der Waals surface area contributed by atoms with E-state index < -0.39 is 6.04 Å². The summed E-state index contributed by atoms with van der Waals surface area (Å²) in [6.45, 7) is 6.30. The highest BCUT2D eigenvalue weighted by Gasteiger charge is 2.42. The Morgan fingerprint density at radius 1 is 0.944 bits per heavy atom. The molecule has 1 aromatic heterocycles. The Kier molecular flexibility index (Phi) is 8.65. The predicted molar refractivity (Wildman–Crippen MR) is 139 cm³/mol. The number of unbranched alkanes of at least 4 members (excludes halogenated alkanes) is 3. The molecule has 0 fully saturated rings. The van der Waals surface area contributed by atoms with Crippen LogP contribution in [0.25, 0.3) is 11.0 Å². The van der Waals surface area contributed by atoms with Crippen molar-refractivity contribution >= 4 is 16.9 Å². The molecule has 0 N–H and O–H groups in total. The minimum absolute atomic E-state index is 0.107. The van der Waals surface area contributed by atoms with Crippen LogP contribution in [-0.4, -0.2) is 44.3 Å². The first-order valence-electron chi connectivity index (χ1n) is 12.9. The van der Waals surface area contributed by atoms with Gasteiger partial charge in [0.1, 0.15) is 5.58 Å². The molecule has 2 heterocycles. The van der Waals surface area contributed by atoms with Gasteiger partial charge in [0.05, 0.1) is 30.7 Å². The van der Waals surface area contributed by atoms with Crippen LogP contribution >= 0.6 is 0 Å². The fraction of sp³-hybridized carbons (Fsp3) is 0.448. The number of methoxy groups -OCH3 is 1. The molecule has 0 bridgehead atoms. The molecule has 1 aliphatic heterocycles. The minimum atomic E-state index is -0.581. The molecule has 7 nitrogen and oxygen atoms in total. The first kappa shape index (κ1) is 25.8. The van der Waals surface area contributed by atoms with Crippen molar-refractivity contribution in [3.8, 4) is 11.5 Å². The van der Waals surface area contributed by atoms with Crippen LogP contribution in [0.4, 0.5) is 0 Å². The van der Waals surface area contributed by atoms with Crippen LogP contribution in [0.3, 0.4) is 0 Å². The van der Waals surface area contributed by atoms with Crippen molar-refractivity contribution in [2.45, 2.75) is 52.0 Å². The standard InChI is InChI=1S/C29H35NO6/c1-4-6-7-10-18-35-23-15-14-20(19-24(23)33-3)26-25-27(31)21-12-8-9-13-22(21)36-28(25)29(32)30(26)16-11-17-34-5-2/h8-9,12-15,19,26H,4-7,10-11,16-18H2,1-3H3. The van der Waals surface area contributed by atoms with Gasteiger partial charge in [0.25, 0.3) is 5.91 Å². The number of nitrogens with zero attached hydrogens (tertiary/aromatic N) is 1. The topological polar surface area (TPSA) is 78.2 Å². The molecule has 192 valence electrons. The molecule has 7 heteroatoms. The number of rotatable bonds is 13. The first-order chi connectivity index (χ1) is 17.6. The van der Waals surface area contributed by atoms with Crippen LogP contribution in [0.5, 0.6) is 11.5 Å². The van der Waals surface area contributed by atoms with E-state index in [1.807, 2.05) is 25.1 Å². The summed E-state index contributed by atoms with van der Waals surface area (Å²) in [5.41, 5.74) is 1.36. The van der Waals surface area contributed by atoms with E-state index in [4.69, 9.17) is 18.6 Å². The third kappa shape index (κ3) is 5.26. The zero-order chi connectivity index (χ0) is 25.5. The molecule has 0 saturated carbocycles. The second-order valence-corrected chi connectivity index (χ2v) is 8.94. The molecule has 1 amide bonds. The fourth-order valence-corrected chi connectivity index (χ4v) is 4.71. The molecule has 1 aliphatic rings. The number of carbonyl (C=O) groups is 1. The van der Waals surface area contributed by atoms with Gasteiger partial charge < -0.3 is 23.5 Å². The summed E-state index contributed by atoms with van der Waals surface area (Å²) in [5, 5.41) is 0.462. The quantitative estimate of drug-likeness (QED) is 0.283. The Hall–Kier alpha value is -3.32. The fourth-order valence-electron chi connectivity index (χ4n) is 4.71. The van der Waals surface area contributed by atoms with Crippen LogP contribution in [-0.2, 0) is 4.74 Å². The molecule has 36 heavy (non-hydrogen) atoms. The molecule has 2 aromatic carbocycles. The summed E-state index contributed by atoms with van der Waals surface area (Å²) < 4.78 is 23.1. The van der Waals surface area contributed by atoms with Crippen LogP contribution < -0.4 is 14.9 Å². The number of para-hydroxylation sites is 1. The molecule has 0 saturated heterocycles. The smallest absolute Gasteiger partial charge is 0.290 e. The van der Waals surface area contributed by atoms with Crippen LogP contribution in [0.2, 0.25) is 0 Å². The minimum Gasteiger partial charge on any atom is -0.493 e. The van der Waals surface area contributed by atoms with E-state index in [1.165, 1.54) is 12.8 Å². The Balaban J connectivity index is 1.71. The highest BCUT2D eigenvalue weighted by Crippen LogP contribution is 2.41. The zero-order valence-corrected chi connectivity index (χ0v) is 21.4. The lowest BCUT2D eigenvalue weighted by molar-refractivity contribution is 0.0695. The van der Waals surface area contributed by atoms with Gasteiger partial charge in [-0.25, -0.2) is 0 Å². The number of carbonyl (C=O) groups excluding carboxylic acids is 1. The number of benzene rings is 2. The van der Waals surface area contributed by atoms with Gasteiger partial charge in [-0.2, -0.15) is 0 Å². The van der Waals surface area contributed by atoms with Crippen LogP contribution in [0.15, 0.2) is 51.7 Å². The van der Waals surface area contributed by atoms with Crippen molar-refractivity contribution in [2.24, 2.45) is 0 Å². The molecular weight excluding hydrogens is 458 g/mol. The number of amides is 1. The lowest BCUT2D eigenvalue weighted by Crippen LogP contribution is -2.31. The Labute approximate surface area is 212 Å². The maximum Gasteiger partial charge on any atom is 0.290 e. The summed E-state index contributed by atoms with van der Waals surface area (Å²) >= 11 is 0. The highest BCUT2D eigenvalue weighted by molar-refractivity contribution is 5.99. The van der Waals surface area contributed by atoms with E-state index in [0.717, 1.165) is 18.4 Å². The summed E-state index contributed by atoms with van der Waals surface area (Å²) in [4.78, 5) is 28.8. The molecule has 0 aliphatic carbocycles. The van der Waals surface area contributed by atoms with Gasteiger partial charge in [0.15, 0.2) is 16.9 Å². The Bertz CT molecular complexity index is 1250. The van der Waals surface area contributed by atoms with E-state index in [2.05, 4.69) is 6.92 Å². The lowest BCUT2D eigenvalue weighted by atomic mass is 9.98. The van der Waals surface area contributed by atoms with E-state index in [9.17, 15) is 9.59 Å². The van der Waals surface area contributed by atoms with Crippen molar-refractivity contribution in [3.63, 3.8) is 0 Å². The molecule has 4 rings (SSSR count). The van der Waals surface area contributed by atoms with Crippen molar-refractivity contribution in [3.05, 3.63) is 69.6 Å². The average Bonchev–Trinajstić information content (AvgIpc) is 3.18. The monoisotopic (exact) mass is 493 g/mol. The van der Waals surface area contributed by atoms with Crippen LogP contribution in [0, 0.1) is 0 Å². The van der Waals surface area contributed by atoms with Crippen molar-refractivity contribution in [1.82, 2.24) is 4.90 Å². The maximum absolute atomic E-state index is 13.6. The van der Waals surface area contributed by atoms with Crippen LogP contribution in [0.1, 0.15) is 73.7 Å². The zero-order valence-electron chi connectivity index (χ0n) is 21.4. The molecular formula is C29H35NO6. The summed E-state index contributed by atoms with van der Waals surface area (Å²) in [6.07, 6.45) is 5.10. The Morgan fingerprint density at radius 2 is 1.78 bits per heavy atom. The van der Waals surface area contributed by atoms with E-state index in [0.29, 0.717) is 60.8 Å². The predicted octanol–water partition coefficient (Wildman–Crippen LogP) is 5.73. The van der Waals surface area contributed by atoms with Gasteiger partial charge in [-0.05, 0) is 49.6 Å². The molecule has 0 radical (unpaired) electrons. The molecule has 3 aromatic rings. The third-order valence-electron chi connectivity index (χ3n) is 6.52. The molecule has 1 unspecified atom stereocenters. The Morgan fingerprint density at radius 3 is 2.56 bits per heavy atom. The maximum atomic E-state index is 13.6. The van der Waals surface area contributed by atoms with Crippen molar-refractivity contribution < 1.29 is 23.4 Å². The first-order valence-corrected chi connectivity index (χ1v) is 12.9. The highest BCUT2D eigenvalue weighted by atomic mass is 16.5. The summed E-state index contributed by atoms with van der Waals surface area (Å²) in [6, 6.07) is 12.1. The van der Waals surface area contributed by atoms with Gasteiger partial charge in [-0.1, -0.05) is 44.4 Å². The van der Waals surface area contributed by atoms with Gasteiger partial charge in [-0.15, -0.1) is 0 Å². The number of hydrogen-bond donors (Lipinski definition) is 0. The number of fused-ring (bicyclic) bond motifs is 2. The van der Waals surface area contributed by atoms with E-state index in [-0.39, 0.29) is 17.1 Å². The number of ether oxygens (including phenoxy) is 3. The largest absolute Gasteiger partial charge is 0.493 e. The molecule has 1 atom stereocenters. The van der Waals surface area contributed by atoms with Crippen molar-refractivity contribution in [1.29, 1.82) is 0 Å². The molecule has 0 spiro atoms. The number of hydrogen-bond acceptors (Lipinski definition) is 6. The van der Waals surface area contributed by atoms with Crippen molar-refractivity contribution in [2.75, 3.05) is 33.5 Å². The van der Waals surface area contributed by atoms with Gasteiger partial charge in [0.2, 0.25) is 5.76 Å². The van der Waals surface area contributed by atoms with E-state index >= 15 is 0 Å². The normalized spacial score (nSPS) is 14.9. The lowest BCUT2D eigenvalue weighted by Gasteiger charge is -2.25.